The molecule has 9 nitrogen and oxygen atoms in total. The van der Waals surface area contributed by atoms with Crippen molar-refractivity contribution in [3.05, 3.63) is 35.1 Å². The Bertz CT molecular complexity index is 1180. The van der Waals surface area contributed by atoms with Crippen LogP contribution in [0.2, 0.25) is 0 Å². The van der Waals surface area contributed by atoms with E-state index in [1.165, 1.54) is 4.90 Å². The first kappa shape index (κ1) is 29.6. The Morgan fingerprint density at radius 2 is 1.74 bits per heavy atom. The maximum atomic E-state index is 14.1. The number of hydrogen-bond donors (Lipinski definition) is 1. The fourth-order valence-corrected chi connectivity index (χ4v) is 6.81. The smallest absolute Gasteiger partial charge is 0.350 e. The largest absolute Gasteiger partial charge is 0.416 e. The van der Waals surface area contributed by atoms with Gasteiger partial charge in [0.15, 0.2) is 0 Å². The Kier molecular flexibility index (Phi) is 8.78. The number of piperidine rings is 1. The van der Waals surface area contributed by atoms with Gasteiger partial charge in [0, 0.05) is 44.8 Å². The minimum absolute atomic E-state index is 0.125. The van der Waals surface area contributed by atoms with Crippen molar-refractivity contribution in [1.29, 1.82) is 0 Å². The van der Waals surface area contributed by atoms with Gasteiger partial charge in [0.05, 0.1) is 17.6 Å². The van der Waals surface area contributed by atoms with Crippen molar-refractivity contribution >= 4 is 22.0 Å². The molecule has 16 heteroatoms. The molecule has 0 unspecified atom stereocenters. The van der Waals surface area contributed by atoms with Crippen molar-refractivity contribution in [1.82, 2.24) is 18.8 Å². The van der Waals surface area contributed by atoms with E-state index in [0.717, 1.165) is 14.7 Å². The molecule has 0 radical (unpaired) electrons. The van der Waals surface area contributed by atoms with Gasteiger partial charge in [0.25, 0.3) is 10.2 Å². The van der Waals surface area contributed by atoms with Crippen molar-refractivity contribution in [3.8, 4) is 0 Å². The van der Waals surface area contributed by atoms with Gasteiger partial charge in [-0.25, -0.2) is 4.39 Å². The van der Waals surface area contributed by atoms with Crippen molar-refractivity contribution in [2.24, 2.45) is 5.92 Å². The van der Waals surface area contributed by atoms with Crippen LogP contribution in [-0.2, 0) is 37.3 Å². The summed E-state index contributed by atoms with van der Waals surface area (Å²) in [5, 5.41) is 2.48. The molecule has 4 rings (SSSR count). The third kappa shape index (κ3) is 6.66. The number of likely N-dealkylation sites (tertiary alicyclic amines) is 1. The van der Waals surface area contributed by atoms with Gasteiger partial charge in [-0.1, -0.05) is 6.07 Å². The van der Waals surface area contributed by atoms with Gasteiger partial charge < -0.3 is 15.0 Å². The van der Waals surface area contributed by atoms with E-state index in [1.54, 1.807) is 0 Å². The summed E-state index contributed by atoms with van der Waals surface area (Å²) in [4.78, 5) is 27.5. The zero-order valence-corrected chi connectivity index (χ0v) is 21.5. The van der Waals surface area contributed by atoms with Crippen LogP contribution < -0.4 is 5.32 Å². The number of halogens is 6. The topological polar surface area (TPSA) is 99.3 Å². The lowest BCUT2D eigenvalue weighted by molar-refractivity contribution is -0.185. The number of hydrogen-bond acceptors (Lipinski definition) is 5. The highest BCUT2D eigenvalue weighted by Gasteiger charge is 2.45. The van der Waals surface area contributed by atoms with Crippen molar-refractivity contribution in [3.63, 3.8) is 0 Å². The summed E-state index contributed by atoms with van der Waals surface area (Å²) in [5.41, 5.74) is -1.30. The molecule has 0 bridgehead atoms. The molecular weight excluding hydrogens is 558 g/mol. The van der Waals surface area contributed by atoms with Crippen LogP contribution in [0.25, 0.3) is 0 Å². The molecule has 3 saturated heterocycles. The molecule has 3 fully saturated rings. The maximum Gasteiger partial charge on any atom is 0.416 e. The molecule has 2 amide bonds. The molecule has 39 heavy (non-hydrogen) atoms. The van der Waals surface area contributed by atoms with Crippen molar-refractivity contribution < 1.29 is 49.1 Å². The van der Waals surface area contributed by atoms with E-state index in [2.05, 4.69) is 10.1 Å². The van der Waals surface area contributed by atoms with E-state index in [1.807, 2.05) is 0 Å². The number of rotatable bonds is 8. The predicted octanol–water partition coefficient (Wildman–Crippen LogP) is 2.33. The van der Waals surface area contributed by atoms with Crippen LogP contribution in [0.3, 0.4) is 0 Å². The number of benzene rings is 1. The number of carbonyl (C=O) groups is 2. The number of nitrogens with zero attached hydrogens (tertiary/aromatic N) is 3. The molecule has 218 valence electrons. The average Bonchev–Trinajstić information content (AvgIpc) is 3.34. The van der Waals surface area contributed by atoms with Crippen LogP contribution in [0.15, 0.2) is 18.2 Å². The molecular formula is C23H28F6N4O5S. The molecule has 1 aromatic rings. The minimum Gasteiger partial charge on any atom is -0.350 e. The molecule has 2 atom stereocenters. The van der Waals surface area contributed by atoms with E-state index in [-0.39, 0.29) is 44.8 Å². The molecule has 0 aromatic heterocycles. The first-order valence-corrected chi connectivity index (χ1v) is 13.8. The second kappa shape index (κ2) is 11.6. The number of amides is 2. The normalized spacial score (nSPS) is 23.7. The fourth-order valence-electron chi connectivity index (χ4n) is 5.04. The third-order valence-electron chi connectivity index (χ3n) is 7.17. The highest BCUT2D eigenvalue weighted by atomic mass is 32.2. The number of carbonyl (C=O) groups excluding carboxylic acids is 2. The lowest BCUT2D eigenvalue weighted by Gasteiger charge is -2.42. The SMILES string of the molecule is O=C(NCc1ccc(C(F)(F)F)cc1F)[C@H]1CCCN1C(=O)[C@H]1CCCN(S(=O)(=O)N2CC(OC(F)F)C2)C1. The second-order valence-electron chi connectivity index (χ2n) is 9.75. The van der Waals surface area contributed by atoms with E-state index >= 15 is 0 Å². The third-order valence-corrected chi connectivity index (χ3v) is 9.10. The standard InChI is InChI=1S/C23H28F6N4O5S/c24-18-9-16(23(27,28)29)6-5-14(18)10-30-20(34)19-4-2-8-33(19)21(35)15-3-1-7-31(11-15)39(36,37)32-12-17(13-32)38-22(25)26/h5-6,9,15,17,19,22H,1-4,7-8,10-13H2,(H,30,34)/t15-,19+/m0/s1. The summed E-state index contributed by atoms with van der Waals surface area (Å²) in [6, 6.07) is 1.12. The van der Waals surface area contributed by atoms with Crippen molar-refractivity contribution in [2.75, 3.05) is 32.7 Å². The first-order valence-electron chi connectivity index (χ1n) is 12.4. The Balaban J connectivity index is 1.34. The minimum atomic E-state index is -4.71. The summed E-state index contributed by atoms with van der Waals surface area (Å²) in [6.45, 7) is -3.51. The van der Waals surface area contributed by atoms with Crippen LogP contribution in [0.4, 0.5) is 26.3 Å². The predicted molar refractivity (Wildman–Crippen MR) is 124 cm³/mol. The molecule has 0 saturated carbocycles. The number of alkyl halides is 5. The Labute approximate surface area is 221 Å². The van der Waals surface area contributed by atoms with Gasteiger partial charge >= 0.3 is 12.8 Å². The zero-order valence-electron chi connectivity index (χ0n) is 20.7. The van der Waals surface area contributed by atoms with Gasteiger partial charge in [-0.2, -0.15) is 39.0 Å². The maximum absolute atomic E-state index is 14.1. The van der Waals surface area contributed by atoms with Gasteiger partial charge in [-0.05, 0) is 37.8 Å². The second-order valence-corrected chi connectivity index (χ2v) is 11.7. The molecule has 0 spiro atoms. The number of ether oxygens (including phenoxy) is 1. The molecule has 3 heterocycles. The Morgan fingerprint density at radius 1 is 1.05 bits per heavy atom. The first-order chi connectivity index (χ1) is 18.3. The fraction of sp³-hybridized carbons (Fsp3) is 0.652. The summed E-state index contributed by atoms with van der Waals surface area (Å²) >= 11 is 0. The zero-order chi connectivity index (χ0) is 28.5. The Hall–Kier alpha value is -2.43. The lowest BCUT2D eigenvalue weighted by Crippen LogP contribution is -2.60. The van der Waals surface area contributed by atoms with Crippen molar-refractivity contribution in [2.45, 2.75) is 57.2 Å². The highest BCUT2D eigenvalue weighted by Crippen LogP contribution is 2.31. The van der Waals surface area contributed by atoms with Gasteiger partial charge in [-0.15, -0.1) is 0 Å². The van der Waals surface area contributed by atoms with Gasteiger partial charge in [0.2, 0.25) is 11.8 Å². The van der Waals surface area contributed by atoms with E-state index < -0.39 is 64.3 Å². The van der Waals surface area contributed by atoms with E-state index in [9.17, 15) is 44.3 Å². The van der Waals surface area contributed by atoms with Crippen LogP contribution in [0, 0.1) is 11.7 Å². The van der Waals surface area contributed by atoms with Gasteiger partial charge in [0.1, 0.15) is 11.9 Å². The quantitative estimate of drug-likeness (QED) is 0.472. The molecule has 1 N–H and O–H groups in total. The Morgan fingerprint density at radius 3 is 2.38 bits per heavy atom. The number of nitrogens with one attached hydrogen (secondary N) is 1. The summed E-state index contributed by atoms with van der Waals surface area (Å²) in [6.07, 6.45) is -4.00. The van der Waals surface area contributed by atoms with E-state index in [0.29, 0.717) is 37.8 Å². The van der Waals surface area contributed by atoms with Gasteiger partial charge in [-0.3, -0.25) is 9.59 Å². The van der Waals surface area contributed by atoms with Crippen LogP contribution in [0.1, 0.15) is 36.8 Å². The highest BCUT2D eigenvalue weighted by molar-refractivity contribution is 7.86. The molecule has 1 aromatic carbocycles. The monoisotopic (exact) mass is 586 g/mol. The summed E-state index contributed by atoms with van der Waals surface area (Å²) < 4.78 is 109. The van der Waals surface area contributed by atoms with Crippen LogP contribution >= 0.6 is 0 Å². The lowest BCUT2D eigenvalue weighted by atomic mass is 9.97. The van der Waals surface area contributed by atoms with Crippen LogP contribution in [-0.4, -0.2) is 85.2 Å². The van der Waals surface area contributed by atoms with Crippen LogP contribution in [0.5, 0.6) is 0 Å². The molecule has 0 aliphatic carbocycles. The summed E-state index contributed by atoms with van der Waals surface area (Å²) in [5.74, 6) is -2.84. The molecule has 3 aliphatic heterocycles. The van der Waals surface area contributed by atoms with E-state index in [4.69, 9.17) is 0 Å². The average molecular weight is 587 g/mol. The molecule has 3 aliphatic rings. The summed E-state index contributed by atoms with van der Waals surface area (Å²) in [7, 11) is -3.98.